The van der Waals surface area contributed by atoms with Crippen LogP contribution in [0.5, 0.6) is 0 Å². The molecule has 1 heterocycles. The fraction of sp³-hybridized carbons (Fsp3) is 1.00. The maximum atomic E-state index is 6.50. The second-order valence-electron chi connectivity index (χ2n) is 5.87. The number of rotatable bonds is 5. The van der Waals surface area contributed by atoms with Crippen LogP contribution in [0.2, 0.25) is 0 Å². The highest BCUT2D eigenvalue weighted by atomic mass is 16.5. The first-order valence-electron chi connectivity index (χ1n) is 7.78. The third-order valence-electron chi connectivity index (χ3n) is 4.59. The molecule has 0 amide bonds. The molecule has 2 aliphatic rings. The van der Waals surface area contributed by atoms with Gasteiger partial charge in [0.25, 0.3) is 0 Å². The fourth-order valence-electron chi connectivity index (χ4n) is 3.55. The predicted octanol–water partition coefficient (Wildman–Crippen LogP) is 2.73. The van der Waals surface area contributed by atoms with Crippen molar-refractivity contribution in [2.45, 2.75) is 64.0 Å². The third kappa shape index (κ3) is 3.69. The molecule has 3 nitrogen and oxygen atoms in total. The zero-order chi connectivity index (χ0) is 12.8. The summed E-state index contributed by atoms with van der Waals surface area (Å²) in [5.74, 6) is 1.17. The van der Waals surface area contributed by atoms with Crippen molar-refractivity contribution in [2.75, 3.05) is 19.8 Å². The van der Waals surface area contributed by atoms with Crippen molar-refractivity contribution in [3.05, 3.63) is 0 Å². The van der Waals surface area contributed by atoms with Crippen LogP contribution in [0.1, 0.15) is 51.9 Å². The molecule has 106 valence electrons. The van der Waals surface area contributed by atoms with Crippen molar-refractivity contribution in [1.82, 2.24) is 0 Å². The summed E-state index contributed by atoms with van der Waals surface area (Å²) < 4.78 is 11.6. The lowest BCUT2D eigenvalue weighted by atomic mass is 9.78. The van der Waals surface area contributed by atoms with Gasteiger partial charge in [-0.3, -0.25) is 0 Å². The number of hydrogen-bond acceptors (Lipinski definition) is 3. The van der Waals surface area contributed by atoms with E-state index in [0.29, 0.717) is 11.8 Å². The molecule has 0 aromatic rings. The fourth-order valence-corrected chi connectivity index (χ4v) is 3.55. The minimum atomic E-state index is 0.161. The summed E-state index contributed by atoms with van der Waals surface area (Å²) in [4.78, 5) is 0. The maximum Gasteiger partial charge on any atom is 0.0757 e. The quantitative estimate of drug-likeness (QED) is 0.821. The summed E-state index contributed by atoms with van der Waals surface area (Å²) in [7, 11) is 0. The second-order valence-corrected chi connectivity index (χ2v) is 5.87. The predicted molar refractivity (Wildman–Crippen MR) is 73.5 cm³/mol. The molecule has 3 unspecified atom stereocenters. The van der Waals surface area contributed by atoms with Crippen molar-refractivity contribution >= 4 is 0 Å². The Balaban J connectivity index is 1.93. The van der Waals surface area contributed by atoms with Crippen LogP contribution in [0, 0.1) is 11.8 Å². The Hall–Kier alpha value is -0.120. The maximum absolute atomic E-state index is 6.50. The van der Waals surface area contributed by atoms with E-state index >= 15 is 0 Å². The van der Waals surface area contributed by atoms with Crippen molar-refractivity contribution < 1.29 is 9.47 Å². The van der Waals surface area contributed by atoms with Crippen LogP contribution in [-0.2, 0) is 9.47 Å². The lowest BCUT2D eigenvalue weighted by Crippen LogP contribution is -2.49. The Morgan fingerprint density at radius 2 is 1.83 bits per heavy atom. The topological polar surface area (TPSA) is 44.5 Å². The standard InChI is InChI=1S/C15H29NO2/c1-2-18-15(12-7-4-3-5-8-12)14(16)13-9-6-10-17-11-13/h12-15H,2-11,16H2,1H3. The molecule has 0 radical (unpaired) electrons. The van der Waals surface area contributed by atoms with Crippen LogP contribution in [0.3, 0.4) is 0 Å². The normalized spacial score (nSPS) is 30.0. The van der Waals surface area contributed by atoms with Gasteiger partial charge in [-0.25, -0.2) is 0 Å². The van der Waals surface area contributed by atoms with Gasteiger partial charge in [-0.15, -0.1) is 0 Å². The van der Waals surface area contributed by atoms with Gasteiger partial charge in [0.1, 0.15) is 0 Å². The third-order valence-corrected chi connectivity index (χ3v) is 4.59. The van der Waals surface area contributed by atoms with Crippen molar-refractivity contribution in [2.24, 2.45) is 17.6 Å². The van der Waals surface area contributed by atoms with Crippen LogP contribution >= 0.6 is 0 Å². The molecule has 1 aliphatic carbocycles. The van der Waals surface area contributed by atoms with Gasteiger partial charge in [0.05, 0.1) is 12.7 Å². The Kier molecular flexibility index (Phi) is 5.93. The summed E-state index contributed by atoms with van der Waals surface area (Å²) in [5, 5.41) is 0. The van der Waals surface area contributed by atoms with Gasteiger partial charge >= 0.3 is 0 Å². The van der Waals surface area contributed by atoms with E-state index in [2.05, 4.69) is 6.92 Å². The average Bonchev–Trinajstić information content (AvgIpc) is 2.46. The average molecular weight is 255 g/mol. The molecule has 0 bridgehead atoms. The lowest BCUT2D eigenvalue weighted by molar-refractivity contribution is -0.0449. The lowest BCUT2D eigenvalue weighted by Gasteiger charge is -2.38. The highest BCUT2D eigenvalue weighted by Gasteiger charge is 2.34. The molecule has 18 heavy (non-hydrogen) atoms. The largest absolute Gasteiger partial charge is 0.381 e. The van der Waals surface area contributed by atoms with Gasteiger partial charge in [0.2, 0.25) is 0 Å². The van der Waals surface area contributed by atoms with E-state index in [1.54, 1.807) is 0 Å². The number of ether oxygens (including phenoxy) is 2. The first kappa shape index (κ1) is 14.3. The van der Waals surface area contributed by atoms with E-state index in [1.807, 2.05) is 0 Å². The first-order valence-corrected chi connectivity index (χ1v) is 7.78. The molecule has 1 saturated heterocycles. The Morgan fingerprint density at radius 3 is 2.44 bits per heavy atom. The molecular weight excluding hydrogens is 226 g/mol. The van der Waals surface area contributed by atoms with Gasteiger partial charge < -0.3 is 15.2 Å². The summed E-state index contributed by atoms with van der Waals surface area (Å²) in [6.45, 7) is 4.60. The zero-order valence-electron chi connectivity index (χ0n) is 11.8. The van der Waals surface area contributed by atoms with Gasteiger partial charge in [0, 0.05) is 19.3 Å². The molecule has 2 N–H and O–H groups in total. The molecule has 1 saturated carbocycles. The van der Waals surface area contributed by atoms with Crippen LogP contribution in [-0.4, -0.2) is 32.0 Å². The Bertz CT molecular complexity index is 223. The van der Waals surface area contributed by atoms with Gasteiger partial charge in [-0.05, 0) is 44.4 Å². The van der Waals surface area contributed by atoms with Gasteiger partial charge in [-0.1, -0.05) is 19.3 Å². The SMILES string of the molecule is CCOC(C1CCCCC1)C(N)C1CCCOC1. The van der Waals surface area contributed by atoms with Crippen LogP contribution in [0.4, 0.5) is 0 Å². The molecule has 0 aromatic heterocycles. The zero-order valence-corrected chi connectivity index (χ0v) is 11.8. The van der Waals surface area contributed by atoms with E-state index in [0.717, 1.165) is 26.2 Å². The van der Waals surface area contributed by atoms with E-state index in [1.165, 1.54) is 38.5 Å². The monoisotopic (exact) mass is 255 g/mol. The minimum absolute atomic E-state index is 0.161. The van der Waals surface area contributed by atoms with E-state index < -0.39 is 0 Å². The highest BCUT2D eigenvalue weighted by Crippen LogP contribution is 2.32. The molecule has 1 aliphatic heterocycles. The van der Waals surface area contributed by atoms with Gasteiger partial charge in [-0.2, -0.15) is 0 Å². The Morgan fingerprint density at radius 1 is 1.11 bits per heavy atom. The molecule has 2 rings (SSSR count). The molecule has 3 atom stereocenters. The van der Waals surface area contributed by atoms with Crippen LogP contribution < -0.4 is 5.73 Å². The molecule has 2 fully saturated rings. The van der Waals surface area contributed by atoms with Crippen molar-refractivity contribution in [3.8, 4) is 0 Å². The smallest absolute Gasteiger partial charge is 0.0757 e. The molecule has 0 spiro atoms. The summed E-state index contributed by atoms with van der Waals surface area (Å²) in [6.07, 6.45) is 9.29. The van der Waals surface area contributed by atoms with Crippen molar-refractivity contribution in [1.29, 1.82) is 0 Å². The molecular formula is C15H29NO2. The summed E-state index contributed by atoms with van der Waals surface area (Å²) in [6, 6.07) is 0.161. The first-order chi connectivity index (χ1) is 8.83. The number of nitrogens with two attached hydrogens (primary N) is 1. The van der Waals surface area contributed by atoms with E-state index in [4.69, 9.17) is 15.2 Å². The second kappa shape index (κ2) is 7.46. The number of hydrogen-bond donors (Lipinski definition) is 1. The van der Waals surface area contributed by atoms with Gasteiger partial charge in [0.15, 0.2) is 0 Å². The summed E-state index contributed by atoms with van der Waals surface area (Å²) in [5.41, 5.74) is 6.50. The minimum Gasteiger partial charge on any atom is -0.381 e. The van der Waals surface area contributed by atoms with Crippen molar-refractivity contribution in [3.63, 3.8) is 0 Å². The summed E-state index contributed by atoms with van der Waals surface area (Å²) >= 11 is 0. The van der Waals surface area contributed by atoms with Crippen LogP contribution in [0.15, 0.2) is 0 Å². The van der Waals surface area contributed by atoms with E-state index in [9.17, 15) is 0 Å². The molecule has 0 aromatic carbocycles. The Labute approximate surface area is 111 Å². The van der Waals surface area contributed by atoms with E-state index in [-0.39, 0.29) is 12.1 Å². The van der Waals surface area contributed by atoms with Crippen LogP contribution in [0.25, 0.3) is 0 Å². The molecule has 3 heteroatoms. The highest BCUT2D eigenvalue weighted by molar-refractivity contribution is 4.88.